The van der Waals surface area contributed by atoms with Crippen molar-refractivity contribution >= 4 is 30.6 Å². The van der Waals surface area contributed by atoms with Gasteiger partial charge in [0.2, 0.25) is 5.95 Å². The fraction of sp³-hybridized carbons (Fsp3) is 0.0714. The first-order chi connectivity index (χ1) is 10.3. The number of H-pyrrole nitrogens is 1. The van der Waals surface area contributed by atoms with Gasteiger partial charge in [-0.2, -0.15) is 17.6 Å². The van der Waals surface area contributed by atoms with Gasteiger partial charge in [-0.1, -0.05) is 18.2 Å². The summed E-state index contributed by atoms with van der Waals surface area (Å²) < 4.78 is 5.32. The van der Waals surface area contributed by atoms with Crippen LogP contribution in [0.5, 0.6) is 0 Å². The third kappa shape index (κ3) is 2.97. The molecule has 0 aliphatic rings. The highest BCUT2D eigenvalue weighted by Crippen LogP contribution is 2.27. The Morgan fingerprint density at radius 2 is 2.05 bits per heavy atom. The fourth-order valence-corrected chi connectivity index (χ4v) is 2.07. The Hall–Kier alpha value is -2.54. The summed E-state index contributed by atoms with van der Waals surface area (Å²) in [7, 11) is 0. The normalized spacial score (nSPS) is 12.0. The summed E-state index contributed by atoms with van der Waals surface area (Å²) >= 11 is 4.43. The molecule has 2 heterocycles. The topological polar surface area (TPSA) is 83.8 Å². The molecule has 21 heavy (non-hydrogen) atoms. The number of nitrogens with zero attached hydrogens (tertiary/aromatic N) is 2. The number of anilines is 2. The highest BCUT2D eigenvalue weighted by Gasteiger charge is 2.18. The molecule has 0 bridgehead atoms. The number of furan rings is 1. The Labute approximate surface area is 126 Å². The zero-order valence-electron chi connectivity index (χ0n) is 10.9. The first-order valence-electron chi connectivity index (χ1n) is 6.23. The molecule has 0 saturated carbocycles. The minimum atomic E-state index is -0.419. The maximum Gasteiger partial charge on any atom is 0.246 e. The summed E-state index contributed by atoms with van der Waals surface area (Å²) in [6.45, 7) is 0. The van der Waals surface area contributed by atoms with Crippen molar-refractivity contribution in [1.82, 2.24) is 15.2 Å². The first kappa shape index (κ1) is 13.4. The minimum absolute atomic E-state index is 0.256. The van der Waals surface area contributed by atoms with E-state index < -0.39 is 5.25 Å². The van der Waals surface area contributed by atoms with Gasteiger partial charge in [0.25, 0.3) is 0 Å². The van der Waals surface area contributed by atoms with Crippen LogP contribution in [0.4, 0.5) is 11.6 Å². The van der Waals surface area contributed by atoms with Crippen molar-refractivity contribution in [2.24, 2.45) is 0 Å². The zero-order chi connectivity index (χ0) is 14.7. The van der Waals surface area contributed by atoms with Crippen LogP contribution >= 0.6 is 12.6 Å². The molecule has 1 atom stereocenters. The van der Waals surface area contributed by atoms with Crippen LogP contribution in [0.25, 0.3) is 0 Å². The summed E-state index contributed by atoms with van der Waals surface area (Å²) in [6.07, 6.45) is 0.646. The highest BCUT2D eigenvalue weighted by molar-refractivity contribution is 7.80. The summed E-state index contributed by atoms with van der Waals surface area (Å²) in [6, 6.07) is 12.9. The highest BCUT2D eigenvalue weighted by atomic mass is 32.1. The molecule has 0 radical (unpaired) electrons. The molecule has 0 aliphatic heterocycles. The number of rotatable bonds is 5. The quantitative estimate of drug-likeness (QED) is 0.498. The van der Waals surface area contributed by atoms with Crippen molar-refractivity contribution in [2.75, 3.05) is 5.32 Å². The van der Waals surface area contributed by atoms with Gasteiger partial charge in [0.15, 0.2) is 12.0 Å². The predicted octanol–water partition coefficient (Wildman–Crippen LogP) is 2.97. The molecule has 3 rings (SSSR count). The second kappa shape index (κ2) is 5.84. The lowest BCUT2D eigenvalue weighted by Gasteiger charge is -2.02. The van der Waals surface area contributed by atoms with Gasteiger partial charge in [0.05, 0.1) is 0 Å². The van der Waals surface area contributed by atoms with E-state index >= 15 is 0 Å². The minimum Gasteiger partial charge on any atom is -0.457 e. The number of aromatic amines is 1. The average Bonchev–Trinajstić information content (AvgIpc) is 3.16. The van der Waals surface area contributed by atoms with E-state index in [1.807, 2.05) is 30.3 Å². The number of carbonyl (C=O) groups is 1. The zero-order valence-corrected chi connectivity index (χ0v) is 11.7. The number of aromatic nitrogens is 3. The summed E-state index contributed by atoms with van der Waals surface area (Å²) in [4.78, 5) is 14.9. The van der Waals surface area contributed by atoms with E-state index in [1.54, 1.807) is 12.1 Å². The molecule has 0 fully saturated rings. The molecule has 1 aromatic carbocycles. The molecular weight excluding hydrogens is 288 g/mol. The van der Waals surface area contributed by atoms with Crippen LogP contribution < -0.4 is 5.32 Å². The average molecular weight is 300 g/mol. The van der Waals surface area contributed by atoms with E-state index in [9.17, 15) is 4.79 Å². The van der Waals surface area contributed by atoms with Gasteiger partial charge in [-0.3, -0.25) is 9.89 Å². The number of para-hydroxylation sites is 1. The van der Waals surface area contributed by atoms with Crippen molar-refractivity contribution in [2.45, 2.75) is 5.25 Å². The lowest BCUT2D eigenvalue weighted by molar-refractivity contribution is 0.109. The van der Waals surface area contributed by atoms with Gasteiger partial charge in [-0.15, -0.1) is 5.10 Å². The summed E-state index contributed by atoms with van der Waals surface area (Å²) in [5, 5.41) is 9.53. The monoisotopic (exact) mass is 300 g/mol. The number of aldehydes is 1. The van der Waals surface area contributed by atoms with Crippen LogP contribution in [0.3, 0.4) is 0 Å². The molecule has 7 heteroatoms. The van der Waals surface area contributed by atoms with Crippen molar-refractivity contribution in [3.8, 4) is 0 Å². The summed E-state index contributed by atoms with van der Waals surface area (Å²) in [5.74, 6) is 1.76. The third-order valence-corrected chi connectivity index (χ3v) is 3.32. The fourth-order valence-electron chi connectivity index (χ4n) is 1.82. The van der Waals surface area contributed by atoms with Gasteiger partial charge in [-0.05, 0) is 24.3 Å². The number of thiol groups is 1. The number of benzene rings is 1. The van der Waals surface area contributed by atoms with E-state index in [4.69, 9.17) is 4.42 Å². The standard InChI is InChI=1S/C14H12N4O2S/c19-8-10-6-7-11(20-10)12(21)13-16-14(18-17-13)15-9-4-2-1-3-5-9/h1-8,12,21H,(H2,15,16,17,18). The van der Waals surface area contributed by atoms with E-state index in [2.05, 4.69) is 33.1 Å². The molecule has 106 valence electrons. The molecule has 2 N–H and O–H groups in total. The second-order valence-electron chi connectivity index (χ2n) is 4.30. The Morgan fingerprint density at radius 1 is 1.24 bits per heavy atom. The molecule has 0 spiro atoms. The third-order valence-electron chi connectivity index (χ3n) is 2.82. The smallest absolute Gasteiger partial charge is 0.246 e. The van der Waals surface area contributed by atoms with Crippen LogP contribution in [0.15, 0.2) is 46.9 Å². The molecule has 2 aromatic heterocycles. The van der Waals surface area contributed by atoms with E-state index in [0.29, 0.717) is 23.8 Å². The largest absolute Gasteiger partial charge is 0.457 e. The van der Waals surface area contributed by atoms with E-state index in [0.717, 1.165) is 5.69 Å². The molecular formula is C14H12N4O2S. The number of hydrogen-bond acceptors (Lipinski definition) is 6. The Bertz CT molecular complexity index is 738. The molecule has 1 unspecified atom stereocenters. The lowest BCUT2D eigenvalue weighted by atomic mass is 10.3. The Kier molecular flexibility index (Phi) is 3.74. The summed E-state index contributed by atoms with van der Waals surface area (Å²) in [5.41, 5.74) is 0.889. The molecule has 0 amide bonds. The van der Waals surface area contributed by atoms with Crippen LogP contribution in [-0.2, 0) is 0 Å². The number of hydrogen-bond donors (Lipinski definition) is 3. The molecule has 0 aliphatic carbocycles. The lowest BCUT2D eigenvalue weighted by Crippen LogP contribution is -1.95. The van der Waals surface area contributed by atoms with E-state index in [1.165, 1.54) is 0 Å². The maximum absolute atomic E-state index is 10.6. The molecule has 6 nitrogen and oxygen atoms in total. The van der Waals surface area contributed by atoms with Crippen LogP contribution in [0.2, 0.25) is 0 Å². The van der Waals surface area contributed by atoms with Crippen LogP contribution in [0, 0.1) is 0 Å². The van der Waals surface area contributed by atoms with Crippen molar-refractivity contribution < 1.29 is 9.21 Å². The molecule has 0 saturated heterocycles. The number of carbonyl (C=O) groups excluding carboxylic acids is 1. The first-order valence-corrected chi connectivity index (χ1v) is 6.75. The van der Waals surface area contributed by atoms with Gasteiger partial charge in [-0.25, -0.2) is 0 Å². The van der Waals surface area contributed by atoms with Crippen molar-refractivity contribution in [1.29, 1.82) is 0 Å². The number of nitrogens with one attached hydrogen (secondary N) is 2. The maximum atomic E-state index is 10.6. The molecule has 3 aromatic rings. The van der Waals surface area contributed by atoms with Crippen molar-refractivity contribution in [3.63, 3.8) is 0 Å². The van der Waals surface area contributed by atoms with Crippen LogP contribution in [0.1, 0.15) is 27.4 Å². The van der Waals surface area contributed by atoms with Crippen LogP contribution in [-0.4, -0.2) is 21.5 Å². The Morgan fingerprint density at radius 3 is 2.76 bits per heavy atom. The SMILES string of the molecule is O=Cc1ccc(C(S)c2nc(Nc3ccccc3)n[nH]2)o1. The second-order valence-corrected chi connectivity index (χ2v) is 4.81. The van der Waals surface area contributed by atoms with Gasteiger partial charge < -0.3 is 9.73 Å². The Balaban J connectivity index is 1.76. The van der Waals surface area contributed by atoms with Crippen molar-refractivity contribution in [3.05, 3.63) is 59.8 Å². The van der Waals surface area contributed by atoms with Gasteiger partial charge in [0, 0.05) is 5.69 Å². The van der Waals surface area contributed by atoms with Gasteiger partial charge in [0.1, 0.15) is 16.8 Å². The predicted molar refractivity (Wildman–Crippen MR) is 81.0 cm³/mol. The van der Waals surface area contributed by atoms with Gasteiger partial charge >= 0.3 is 0 Å². The van der Waals surface area contributed by atoms with E-state index in [-0.39, 0.29) is 5.76 Å².